The van der Waals surface area contributed by atoms with Crippen molar-refractivity contribution in [2.24, 2.45) is 5.73 Å². The van der Waals surface area contributed by atoms with Crippen LogP contribution in [0.1, 0.15) is 30.9 Å². The molecule has 0 saturated heterocycles. The Morgan fingerprint density at radius 2 is 1.93 bits per heavy atom. The van der Waals surface area contributed by atoms with Crippen molar-refractivity contribution in [3.05, 3.63) is 35.4 Å². The van der Waals surface area contributed by atoms with E-state index in [4.69, 9.17) is 11.1 Å². The van der Waals surface area contributed by atoms with Crippen LogP contribution in [0.4, 0.5) is 0 Å². The van der Waals surface area contributed by atoms with Crippen LogP contribution in [0.25, 0.3) is 0 Å². The molecule has 0 amide bonds. The number of nitrogens with one attached hydrogen (secondary N) is 1. The normalized spacial score (nSPS) is 9.93. The number of hydrogen-bond acceptors (Lipinski definition) is 2. The molecule has 0 atom stereocenters. The minimum absolute atomic E-state index is 0.0569. The molecule has 1 aromatic rings. The fourth-order valence-corrected chi connectivity index (χ4v) is 1.40. The van der Waals surface area contributed by atoms with E-state index >= 15 is 0 Å². The van der Waals surface area contributed by atoms with Gasteiger partial charge in [-0.1, -0.05) is 31.2 Å². The van der Waals surface area contributed by atoms with Gasteiger partial charge in [-0.3, -0.25) is 10.2 Å². The molecule has 0 radical (unpaired) electrons. The van der Waals surface area contributed by atoms with Crippen molar-refractivity contribution in [1.29, 1.82) is 5.41 Å². The Balaban J connectivity index is 2.64. The lowest BCUT2D eigenvalue weighted by atomic mass is 10.0. The average molecular weight is 204 g/mol. The lowest BCUT2D eigenvalue weighted by Gasteiger charge is -2.02. The second-order valence-electron chi connectivity index (χ2n) is 3.58. The molecule has 0 bridgehead atoms. The summed E-state index contributed by atoms with van der Waals surface area (Å²) in [6.07, 6.45) is 2.00. The average Bonchev–Trinajstić information content (AvgIpc) is 2.18. The molecular formula is C12H16N2O. The number of nitrogen functional groups attached to an aromatic ring is 1. The summed E-state index contributed by atoms with van der Waals surface area (Å²) in [6.45, 7) is 2.00. The highest BCUT2D eigenvalue weighted by atomic mass is 16.1. The lowest BCUT2D eigenvalue weighted by molar-refractivity contribution is -0.118. The van der Waals surface area contributed by atoms with Gasteiger partial charge in [0.25, 0.3) is 0 Å². The minimum Gasteiger partial charge on any atom is -0.384 e. The van der Waals surface area contributed by atoms with Crippen molar-refractivity contribution >= 4 is 11.6 Å². The van der Waals surface area contributed by atoms with Crippen molar-refractivity contribution in [3.8, 4) is 0 Å². The van der Waals surface area contributed by atoms with Crippen LogP contribution in [-0.2, 0) is 11.2 Å². The van der Waals surface area contributed by atoms with E-state index in [2.05, 4.69) is 0 Å². The predicted molar refractivity (Wildman–Crippen MR) is 61.1 cm³/mol. The summed E-state index contributed by atoms with van der Waals surface area (Å²) >= 11 is 0. The number of carbonyl (C=O) groups is 1. The highest BCUT2D eigenvalue weighted by Gasteiger charge is 2.02. The first-order valence-electron chi connectivity index (χ1n) is 5.08. The van der Waals surface area contributed by atoms with Gasteiger partial charge in [-0.15, -0.1) is 0 Å². The number of ketones is 1. The molecular weight excluding hydrogens is 188 g/mol. The molecule has 3 N–H and O–H groups in total. The van der Waals surface area contributed by atoms with E-state index in [-0.39, 0.29) is 11.6 Å². The van der Waals surface area contributed by atoms with Crippen LogP contribution in [0.2, 0.25) is 0 Å². The Hall–Kier alpha value is -1.64. The first-order chi connectivity index (χ1) is 7.13. The van der Waals surface area contributed by atoms with Gasteiger partial charge >= 0.3 is 0 Å². The molecule has 0 fully saturated rings. The van der Waals surface area contributed by atoms with Gasteiger partial charge in [0, 0.05) is 18.4 Å². The first-order valence-corrected chi connectivity index (χ1v) is 5.08. The van der Waals surface area contributed by atoms with Gasteiger partial charge in [-0.25, -0.2) is 0 Å². The van der Waals surface area contributed by atoms with E-state index in [0.29, 0.717) is 18.4 Å². The van der Waals surface area contributed by atoms with Gasteiger partial charge in [0.2, 0.25) is 0 Å². The van der Waals surface area contributed by atoms with Gasteiger partial charge in [-0.2, -0.15) is 0 Å². The molecule has 0 saturated carbocycles. The first kappa shape index (κ1) is 11.4. The van der Waals surface area contributed by atoms with E-state index in [1.165, 1.54) is 0 Å². The van der Waals surface area contributed by atoms with Gasteiger partial charge in [-0.05, 0) is 12.0 Å². The van der Waals surface area contributed by atoms with Gasteiger partial charge in [0.1, 0.15) is 11.6 Å². The van der Waals surface area contributed by atoms with Gasteiger partial charge in [0.15, 0.2) is 0 Å². The second kappa shape index (κ2) is 5.29. The molecule has 0 aromatic heterocycles. The Kier molecular flexibility index (Phi) is 4.03. The summed E-state index contributed by atoms with van der Waals surface area (Å²) in [5.41, 5.74) is 7.01. The zero-order chi connectivity index (χ0) is 11.3. The van der Waals surface area contributed by atoms with E-state index in [1.807, 2.05) is 19.1 Å². The topological polar surface area (TPSA) is 66.9 Å². The molecule has 0 aliphatic rings. The minimum atomic E-state index is 0.0569. The van der Waals surface area contributed by atoms with Crippen LogP contribution >= 0.6 is 0 Å². The van der Waals surface area contributed by atoms with Crippen molar-refractivity contribution in [2.45, 2.75) is 26.2 Å². The number of Topliss-reactive ketones (excluding diaryl/α,β-unsaturated/α-hetero) is 1. The van der Waals surface area contributed by atoms with Crippen LogP contribution in [-0.4, -0.2) is 11.6 Å². The highest BCUT2D eigenvalue weighted by molar-refractivity contribution is 5.95. The van der Waals surface area contributed by atoms with Crippen LogP contribution in [0.3, 0.4) is 0 Å². The van der Waals surface area contributed by atoms with Crippen molar-refractivity contribution < 1.29 is 4.79 Å². The molecule has 0 heterocycles. The van der Waals surface area contributed by atoms with Gasteiger partial charge in [0.05, 0.1) is 0 Å². The third kappa shape index (κ3) is 3.54. The van der Waals surface area contributed by atoms with E-state index in [9.17, 15) is 4.79 Å². The standard InChI is InChI=1S/C12H16N2O/c1-2-3-11(15)8-9-4-6-10(7-5-9)12(13)14/h4-7H,2-3,8H2,1H3,(H3,13,14). The zero-order valence-electron chi connectivity index (χ0n) is 8.92. The predicted octanol–water partition coefficient (Wildman–Crippen LogP) is 1.88. The SMILES string of the molecule is CCCC(=O)Cc1ccc(C(=N)N)cc1. The Morgan fingerprint density at radius 3 is 2.40 bits per heavy atom. The molecule has 0 aliphatic heterocycles. The fraction of sp³-hybridized carbons (Fsp3) is 0.333. The Bertz CT molecular complexity index is 354. The fourth-order valence-electron chi connectivity index (χ4n) is 1.40. The number of amidine groups is 1. The highest BCUT2D eigenvalue weighted by Crippen LogP contribution is 2.06. The third-order valence-corrected chi connectivity index (χ3v) is 2.20. The van der Waals surface area contributed by atoms with Gasteiger partial charge < -0.3 is 5.73 Å². The van der Waals surface area contributed by atoms with Crippen LogP contribution in [0, 0.1) is 5.41 Å². The number of hydrogen-bond donors (Lipinski definition) is 2. The second-order valence-corrected chi connectivity index (χ2v) is 3.58. The summed E-state index contributed by atoms with van der Waals surface area (Å²) in [7, 11) is 0. The molecule has 0 spiro atoms. The molecule has 15 heavy (non-hydrogen) atoms. The number of benzene rings is 1. The molecule has 80 valence electrons. The monoisotopic (exact) mass is 204 g/mol. The van der Waals surface area contributed by atoms with E-state index in [0.717, 1.165) is 12.0 Å². The number of nitrogens with two attached hydrogens (primary N) is 1. The largest absolute Gasteiger partial charge is 0.384 e. The molecule has 1 rings (SSSR count). The smallest absolute Gasteiger partial charge is 0.137 e. The summed E-state index contributed by atoms with van der Waals surface area (Å²) in [5.74, 6) is 0.314. The quantitative estimate of drug-likeness (QED) is 0.568. The maximum atomic E-state index is 11.4. The van der Waals surface area contributed by atoms with E-state index in [1.54, 1.807) is 12.1 Å². The van der Waals surface area contributed by atoms with Crippen molar-refractivity contribution in [2.75, 3.05) is 0 Å². The third-order valence-electron chi connectivity index (χ3n) is 2.20. The summed E-state index contributed by atoms with van der Waals surface area (Å²) < 4.78 is 0. The molecule has 0 aliphatic carbocycles. The Labute approximate surface area is 89.8 Å². The zero-order valence-corrected chi connectivity index (χ0v) is 8.92. The van der Waals surface area contributed by atoms with Crippen molar-refractivity contribution in [1.82, 2.24) is 0 Å². The lowest BCUT2D eigenvalue weighted by Crippen LogP contribution is -2.11. The number of rotatable bonds is 5. The van der Waals surface area contributed by atoms with E-state index < -0.39 is 0 Å². The maximum Gasteiger partial charge on any atom is 0.137 e. The molecule has 3 nitrogen and oxygen atoms in total. The summed E-state index contributed by atoms with van der Waals surface area (Å²) in [4.78, 5) is 11.4. The van der Waals surface area contributed by atoms with Crippen LogP contribution in [0.15, 0.2) is 24.3 Å². The van der Waals surface area contributed by atoms with Crippen LogP contribution < -0.4 is 5.73 Å². The van der Waals surface area contributed by atoms with Crippen molar-refractivity contribution in [3.63, 3.8) is 0 Å². The molecule has 1 aromatic carbocycles. The Morgan fingerprint density at radius 1 is 1.33 bits per heavy atom. The molecule has 0 unspecified atom stereocenters. The maximum absolute atomic E-state index is 11.4. The summed E-state index contributed by atoms with van der Waals surface area (Å²) in [6, 6.07) is 7.25. The van der Waals surface area contributed by atoms with Crippen LogP contribution in [0.5, 0.6) is 0 Å². The number of carbonyl (C=O) groups excluding carboxylic acids is 1. The summed E-state index contributed by atoms with van der Waals surface area (Å²) in [5, 5.41) is 7.22. The molecule has 3 heteroatoms.